The first kappa shape index (κ1) is 20.6. The lowest BCUT2D eigenvalue weighted by molar-refractivity contribution is -0.118. The van der Waals surface area contributed by atoms with Gasteiger partial charge in [-0.2, -0.15) is 0 Å². The molecule has 4 heteroatoms. The molecule has 0 saturated carbocycles. The van der Waals surface area contributed by atoms with Crippen LogP contribution in [0.1, 0.15) is 26.7 Å². The second-order valence-electron chi connectivity index (χ2n) is 8.58. The fourth-order valence-electron chi connectivity index (χ4n) is 4.28. The number of allylic oxidation sites excluding steroid dienone is 1. The number of carbonyl (C=O) groups is 1. The zero-order valence-corrected chi connectivity index (χ0v) is 18.8. The van der Waals surface area contributed by atoms with Gasteiger partial charge < -0.3 is 9.80 Å². The number of ketones is 1. The summed E-state index contributed by atoms with van der Waals surface area (Å²) in [5.74, 6) is 0.314. The van der Waals surface area contributed by atoms with Crippen LogP contribution in [0.2, 0.25) is 0 Å². The molecule has 0 radical (unpaired) electrons. The van der Waals surface area contributed by atoms with Crippen LogP contribution >= 0.6 is 7.92 Å². The van der Waals surface area contributed by atoms with Crippen molar-refractivity contribution in [1.29, 1.82) is 0 Å². The van der Waals surface area contributed by atoms with E-state index in [-0.39, 0.29) is 5.16 Å². The normalized spacial score (nSPS) is 18.9. The Hall–Kier alpha value is -2.12. The van der Waals surface area contributed by atoms with Gasteiger partial charge in [-0.1, -0.05) is 50.8 Å². The van der Waals surface area contributed by atoms with Crippen LogP contribution in [0, 0.1) is 0 Å². The van der Waals surface area contributed by atoms with Crippen molar-refractivity contribution in [2.45, 2.75) is 31.8 Å². The largest absolute Gasteiger partial charge is 0.377 e. The highest BCUT2D eigenvalue weighted by molar-refractivity contribution is 7.71. The number of Topliss-reactive ketones (excluding diaryl/α,β-unsaturated/α-hetero) is 1. The first-order valence-electron chi connectivity index (χ1n) is 9.70. The maximum Gasteiger partial charge on any atom is 0.138 e. The summed E-state index contributed by atoms with van der Waals surface area (Å²) in [6.45, 7) is 8.80. The Labute approximate surface area is 170 Å². The summed E-state index contributed by atoms with van der Waals surface area (Å²) in [7, 11) is 7.71. The van der Waals surface area contributed by atoms with E-state index in [2.05, 4.69) is 101 Å². The molecule has 0 aliphatic carbocycles. The zero-order chi connectivity index (χ0) is 20.6. The fourth-order valence-corrected chi connectivity index (χ4v) is 7.47. The fraction of sp³-hybridized carbons (Fsp3) is 0.375. The van der Waals surface area contributed by atoms with Gasteiger partial charge in [-0.25, -0.2) is 0 Å². The quantitative estimate of drug-likeness (QED) is 0.662. The maximum atomic E-state index is 12.2. The Morgan fingerprint density at radius 1 is 0.929 bits per heavy atom. The van der Waals surface area contributed by atoms with Gasteiger partial charge in [0.2, 0.25) is 0 Å². The third kappa shape index (κ3) is 3.73. The number of benzene rings is 2. The molecule has 2 aromatic rings. The van der Waals surface area contributed by atoms with Gasteiger partial charge in [0.25, 0.3) is 0 Å². The molecule has 0 aromatic heterocycles. The van der Waals surface area contributed by atoms with Crippen molar-refractivity contribution in [2.75, 3.05) is 38.0 Å². The van der Waals surface area contributed by atoms with E-state index in [1.54, 1.807) is 0 Å². The highest BCUT2D eigenvalue weighted by Gasteiger charge is 2.40. The van der Waals surface area contributed by atoms with Gasteiger partial charge in [-0.15, -0.1) is 0 Å². The Kier molecular flexibility index (Phi) is 5.68. The van der Waals surface area contributed by atoms with Crippen molar-refractivity contribution in [3.63, 3.8) is 0 Å². The average Bonchev–Trinajstić information content (AvgIpc) is 2.59. The summed E-state index contributed by atoms with van der Waals surface area (Å²) in [6.07, 6.45) is 1.14. The summed E-state index contributed by atoms with van der Waals surface area (Å²) in [4.78, 5) is 16.6. The number of rotatable bonds is 4. The van der Waals surface area contributed by atoms with E-state index in [9.17, 15) is 4.79 Å². The molecule has 1 unspecified atom stereocenters. The van der Waals surface area contributed by atoms with Gasteiger partial charge in [-0.05, 0) is 41.4 Å². The van der Waals surface area contributed by atoms with E-state index in [0.717, 1.165) is 5.31 Å². The number of carbonyl (C=O) groups excluding carboxylic acids is 1. The van der Waals surface area contributed by atoms with Crippen molar-refractivity contribution >= 4 is 30.4 Å². The number of anilines is 2. The Bertz CT molecular complexity index is 888. The molecular weight excluding hydrogens is 363 g/mol. The van der Waals surface area contributed by atoms with E-state index in [0.29, 0.717) is 18.6 Å². The first-order valence-corrected chi connectivity index (χ1v) is 11.0. The third-order valence-corrected chi connectivity index (χ3v) is 8.38. The molecule has 0 spiro atoms. The number of hydrogen-bond acceptors (Lipinski definition) is 3. The van der Waals surface area contributed by atoms with E-state index in [1.165, 1.54) is 27.8 Å². The minimum absolute atomic E-state index is 0.0802. The van der Waals surface area contributed by atoms with Crippen molar-refractivity contribution in [2.24, 2.45) is 0 Å². The third-order valence-electron chi connectivity index (χ3n) is 5.35. The van der Waals surface area contributed by atoms with Crippen LogP contribution in [0.3, 0.4) is 0 Å². The van der Waals surface area contributed by atoms with Crippen LogP contribution in [0.5, 0.6) is 0 Å². The predicted octanol–water partition coefficient (Wildman–Crippen LogP) is 5.25. The second-order valence-corrected chi connectivity index (χ2v) is 11.6. The van der Waals surface area contributed by atoms with E-state index >= 15 is 0 Å². The molecule has 1 saturated heterocycles. The molecule has 3 nitrogen and oxygen atoms in total. The van der Waals surface area contributed by atoms with Gasteiger partial charge in [0, 0.05) is 58.0 Å². The van der Waals surface area contributed by atoms with Crippen LogP contribution in [-0.2, 0) is 4.79 Å². The molecule has 28 heavy (non-hydrogen) atoms. The number of hydrogen-bond donors (Lipinski definition) is 0. The van der Waals surface area contributed by atoms with Gasteiger partial charge in [0.15, 0.2) is 0 Å². The maximum absolute atomic E-state index is 12.2. The molecule has 148 valence electrons. The van der Waals surface area contributed by atoms with Crippen LogP contribution < -0.4 is 15.1 Å². The van der Waals surface area contributed by atoms with Crippen LogP contribution in [0.15, 0.2) is 54.4 Å². The van der Waals surface area contributed by atoms with Crippen molar-refractivity contribution in [3.05, 3.63) is 54.4 Å². The minimum Gasteiger partial charge on any atom is -0.377 e. The summed E-state index contributed by atoms with van der Waals surface area (Å²) in [5, 5.41) is 2.35. The first-order chi connectivity index (χ1) is 13.1. The topological polar surface area (TPSA) is 23.6 Å². The Balaban J connectivity index is 2.28. The minimum atomic E-state index is -0.658. The van der Waals surface area contributed by atoms with Gasteiger partial charge in [-0.3, -0.25) is 4.79 Å². The summed E-state index contributed by atoms with van der Waals surface area (Å²) >= 11 is 0. The summed E-state index contributed by atoms with van der Waals surface area (Å²) in [6, 6.07) is 15.2. The molecule has 3 rings (SSSR count). The Morgan fingerprint density at radius 2 is 1.50 bits per heavy atom. The van der Waals surface area contributed by atoms with Crippen molar-refractivity contribution in [1.82, 2.24) is 0 Å². The zero-order valence-electron chi connectivity index (χ0n) is 17.9. The van der Waals surface area contributed by atoms with Crippen molar-refractivity contribution < 1.29 is 4.79 Å². The van der Waals surface area contributed by atoms with E-state index in [1.807, 2.05) is 0 Å². The smallest absolute Gasteiger partial charge is 0.138 e. The molecule has 1 atom stereocenters. The highest BCUT2D eigenvalue weighted by Crippen LogP contribution is 2.61. The molecule has 1 aliphatic heterocycles. The monoisotopic (exact) mass is 394 g/mol. The van der Waals surface area contributed by atoms with Crippen molar-refractivity contribution in [3.8, 4) is 11.1 Å². The molecule has 0 N–H and O–H groups in total. The lowest BCUT2D eigenvalue weighted by Gasteiger charge is -2.41. The summed E-state index contributed by atoms with van der Waals surface area (Å²) < 4.78 is 0. The highest BCUT2D eigenvalue weighted by atomic mass is 31.1. The molecule has 2 aromatic carbocycles. The SMILES string of the molecule is C=C1CC(=O)CC(C)(C)P1c1ccccc1-c1c(N(C)C)cccc1N(C)C. The molecule has 0 amide bonds. The molecule has 1 fully saturated rings. The van der Waals surface area contributed by atoms with E-state index < -0.39 is 7.92 Å². The Morgan fingerprint density at radius 3 is 2.04 bits per heavy atom. The van der Waals surface area contributed by atoms with Gasteiger partial charge >= 0.3 is 0 Å². The van der Waals surface area contributed by atoms with Gasteiger partial charge in [0.05, 0.1) is 0 Å². The second kappa shape index (κ2) is 7.72. The number of nitrogens with zero attached hydrogens (tertiary/aromatic N) is 2. The van der Waals surface area contributed by atoms with E-state index in [4.69, 9.17) is 0 Å². The average molecular weight is 394 g/mol. The predicted molar refractivity (Wildman–Crippen MR) is 125 cm³/mol. The standard InChI is InChI=1S/C24H31N2OP/c1-17-15-18(27)16-24(2,3)28(17)22-14-9-8-11-19(22)23-20(25(4)5)12-10-13-21(23)26(6)7/h8-14H,1,15-16H2,2-7H3. The molecule has 1 aliphatic rings. The van der Waals surface area contributed by atoms with Crippen LogP contribution in [0.25, 0.3) is 11.1 Å². The summed E-state index contributed by atoms with van der Waals surface area (Å²) in [5.41, 5.74) is 4.90. The van der Waals surface area contributed by atoms with Crippen LogP contribution in [0.4, 0.5) is 11.4 Å². The lowest BCUT2D eigenvalue weighted by atomic mass is 10.00. The molecule has 1 heterocycles. The molecule has 0 bridgehead atoms. The van der Waals surface area contributed by atoms with Crippen LogP contribution in [-0.4, -0.2) is 39.1 Å². The van der Waals surface area contributed by atoms with Gasteiger partial charge in [0.1, 0.15) is 5.78 Å². The molecular formula is C24H31N2OP. The lowest BCUT2D eigenvalue weighted by Crippen LogP contribution is -2.32.